The fraction of sp³-hybridized carbons (Fsp3) is 0.118. The predicted octanol–water partition coefficient (Wildman–Crippen LogP) is 3.96. The zero-order valence-electron chi connectivity index (χ0n) is 12.9. The molecule has 0 spiro atoms. The van der Waals surface area contributed by atoms with Crippen LogP contribution in [-0.4, -0.2) is 27.3 Å². The lowest BCUT2D eigenvalue weighted by atomic mass is 10.1. The molecule has 0 saturated heterocycles. The van der Waals surface area contributed by atoms with Crippen LogP contribution in [0, 0.1) is 0 Å². The number of aromatic amines is 1. The third-order valence-corrected chi connectivity index (χ3v) is 4.72. The minimum absolute atomic E-state index is 0.170. The third kappa shape index (κ3) is 4.24. The first-order chi connectivity index (χ1) is 11.6. The van der Waals surface area contributed by atoms with Gasteiger partial charge in [0.15, 0.2) is 5.16 Å². The van der Waals surface area contributed by atoms with Crippen LogP contribution < -0.4 is 5.43 Å². The van der Waals surface area contributed by atoms with Gasteiger partial charge in [-0.25, -0.2) is 10.4 Å². The zero-order chi connectivity index (χ0) is 16.9. The number of fused-ring (bicyclic) bond motifs is 1. The number of hydrogen-bond acceptors (Lipinski definition) is 4. The largest absolute Gasteiger partial charge is 0.333 e. The smallest absolute Gasteiger partial charge is 0.250 e. The summed E-state index contributed by atoms with van der Waals surface area (Å²) in [6.45, 7) is 1.86. The highest BCUT2D eigenvalue weighted by Crippen LogP contribution is 2.18. The lowest BCUT2D eigenvalue weighted by molar-refractivity contribution is -0.118. The van der Waals surface area contributed by atoms with Gasteiger partial charge in [-0.2, -0.15) is 5.10 Å². The standard InChI is InChI=1S/C17H15BrN4OS/c1-11(12-6-8-13(18)9-7-12)21-22-16(23)10-24-17-19-14-4-2-3-5-15(14)20-17/h2-9H,10H2,1H3,(H,19,20)(H,22,23)/b21-11+. The Morgan fingerprint density at radius 2 is 2.00 bits per heavy atom. The maximum Gasteiger partial charge on any atom is 0.250 e. The van der Waals surface area contributed by atoms with Crippen LogP contribution in [0.15, 0.2) is 63.3 Å². The van der Waals surface area contributed by atoms with E-state index >= 15 is 0 Å². The Morgan fingerprint density at radius 1 is 1.25 bits per heavy atom. The van der Waals surface area contributed by atoms with Crippen molar-refractivity contribution in [1.29, 1.82) is 0 Å². The number of halogens is 1. The van der Waals surface area contributed by atoms with Crippen LogP contribution in [0.25, 0.3) is 11.0 Å². The summed E-state index contributed by atoms with van der Waals surface area (Å²) in [7, 11) is 0. The maximum absolute atomic E-state index is 11.9. The Morgan fingerprint density at radius 3 is 2.75 bits per heavy atom. The van der Waals surface area contributed by atoms with E-state index in [0.717, 1.165) is 31.9 Å². The van der Waals surface area contributed by atoms with Gasteiger partial charge in [0.2, 0.25) is 0 Å². The van der Waals surface area contributed by atoms with Crippen molar-refractivity contribution in [1.82, 2.24) is 15.4 Å². The number of nitrogens with zero attached hydrogens (tertiary/aromatic N) is 2. The van der Waals surface area contributed by atoms with Crippen LogP contribution in [-0.2, 0) is 4.79 Å². The van der Waals surface area contributed by atoms with Gasteiger partial charge in [0.1, 0.15) is 0 Å². The second-order valence-corrected chi connectivity index (χ2v) is 6.97. The molecule has 1 aromatic heterocycles. The molecule has 0 aliphatic carbocycles. The molecule has 0 aliphatic rings. The van der Waals surface area contributed by atoms with Gasteiger partial charge in [0.25, 0.3) is 5.91 Å². The Hall–Kier alpha value is -2.12. The van der Waals surface area contributed by atoms with Gasteiger partial charge in [-0.15, -0.1) is 0 Å². The highest BCUT2D eigenvalue weighted by Gasteiger charge is 2.06. The first-order valence-electron chi connectivity index (χ1n) is 7.28. The number of carbonyl (C=O) groups is 1. The number of hydrazone groups is 1. The van der Waals surface area contributed by atoms with Crippen molar-refractivity contribution < 1.29 is 4.79 Å². The van der Waals surface area contributed by atoms with Crippen molar-refractivity contribution in [3.05, 3.63) is 58.6 Å². The van der Waals surface area contributed by atoms with Crippen LogP contribution in [0.2, 0.25) is 0 Å². The summed E-state index contributed by atoms with van der Waals surface area (Å²) >= 11 is 4.74. The Balaban J connectivity index is 1.55. The number of aromatic nitrogens is 2. The molecule has 5 nitrogen and oxygen atoms in total. The number of benzene rings is 2. The molecule has 24 heavy (non-hydrogen) atoms. The summed E-state index contributed by atoms with van der Waals surface area (Å²) in [5.74, 6) is 0.0774. The van der Waals surface area contributed by atoms with E-state index in [1.54, 1.807) is 0 Å². The van der Waals surface area contributed by atoms with E-state index in [4.69, 9.17) is 0 Å². The number of H-pyrrole nitrogens is 1. The van der Waals surface area contributed by atoms with E-state index < -0.39 is 0 Å². The zero-order valence-corrected chi connectivity index (χ0v) is 15.3. The minimum Gasteiger partial charge on any atom is -0.333 e. The van der Waals surface area contributed by atoms with E-state index in [2.05, 4.69) is 36.4 Å². The van der Waals surface area contributed by atoms with Crippen molar-refractivity contribution in [3.63, 3.8) is 0 Å². The average Bonchev–Trinajstić information content (AvgIpc) is 3.01. The summed E-state index contributed by atoms with van der Waals surface area (Å²) < 4.78 is 1.00. The molecule has 0 aliphatic heterocycles. The van der Waals surface area contributed by atoms with Crippen molar-refractivity contribution in [3.8, 4) is 0 Å². The molecule has 3 rings (SSSR count). The quantitative estimate of drug-likeness (QED) is 0.385. The van der Waals surface area contributed by atoms with Gasteiger partial charge in [-0.3, -0.25) is 4.79 Å². The van der Waals surface area contributed by atoms with Gasteiger partial charge >= 0.3 is 0 Å². The van der Waals surface area contributed by atoms with Crippen molar-refractivity contribution >= 4 is 50.3 Å². The second-order valence-electron chi connectivity index (χ2n) is 5.09. The van der Waals surface area contributed by atoms with E-state index in [-0.39, 0.29) is 11.7 Å². The Labute approximate surface area is 152 Å². The number of para-hydroxylation sites is 2. The first-order valence-corrected chi connectivity index (χ1v) is 9.06. The van der Waals surface area contributed by atoms with Crippen molar-refractivity contribution in [2.24, 2.45) is 5.10 Å². The molecular weight excluding hydrogens is 388 g/mol. The highest BCUT2D eigenvalue weighted by atomic mass is 79.9. The minimum atomic E-state index is -0.170. The normalized spacial score (nSPS) is 11.7. The Bertz CT molecular complexity index is 856. The van der Waals surface area contributed by atoms with E-state index in [9.17, 15) is 4.79 Å². The van der Waals surface area contributed by atoms with Gasteiger partial charge in [0.05, 0.1) is 22.5 Å². The molecule has 2 aromatic carbocycles. The summed E-state index contributed by atoms with van der Waals surface area (Å²) in [6, 6.07) is 15.5. The SMILES string of the molecule is C/C(=N\NC(=O)CSc1nc2ccccc2[nH]1)c1ccc(Br)cc1. The van der Waals surface area contributed by atoms with Crippen LogP contribution >= 0.6 is 27.7 Å². The number of thioether (sulfide) groups is 1. The van der Waals surface area contributed by atoms with E-state index in [1.807, 2.05) is 55.5 Å². The number of amides is 1. The average molecular weight is 403 g/mol. The summed E-state index contributed by atoms with van der Waals surface area (Å²) in [5.41, 5.74) is 6.15. The fourth-order valence-corrected chi connectivity index (χ4v) is 3.01. The molecule has 0 saturated carbocycles. The first kappa shape index (κ1) is 16.7. The van der Waals surface area contributed by atoms with Crippen molar-refractivity contribution in [2.75, 3.05) is 5.75 Å². The number of hydrogen-bond donors (Lipinski definition) is 2. The van der Waals surface area contributed by atoms with E-state index in [0.29, 0.717) is 0 Å². The third-order valence-electron chi connectivity index (χ3n) is 3.32. The molecule has 0 bridgehead atoms. The summed E-state index contributed by atoms with van der Waals surface area (Å²) in [4.78, 5) is 19.5. The molecule has 1 amide bonds. The number of rotatable bonds is 5. The van der Waals surface area contributed by atoms with Crippen molar-refractivity contribution in [2.45, 2.75) is 12.1 Å². The summed E-state index contributed by atoms with van der Waals surface area (Å²) in [5, 5.41) is 4.86. The van der Waals surface area contributed by atoms with Gasteiger partial charge in [0, 0.05) is 4.47 Å². The topological polar surface area (TPSA) is 70.1 Å². The number of nitrogens with one attached hydrogen (secondary N) is 2. The molecule has 3 aromatic rings. The number of carbonyl (C=O) groups excluding carboxylic acids is 1. The van der Waals surface area contributed by atoms with Gasteiger partial charge in [-0.05, 0) is 36.8 Å². The second kappa shape index (κ2) is 7.63. The maximum atomic E-state index is 11.9. The van der Waals surface area contributed by atoms with Crippen LogP contribution in [0.3, 0.4) is 0 Å². The van der Waals surface area contributed by atoms with Crippen LogP contribution in [0.4, 0.5) is 0 Å². The molecule has 0 unspecified atom stereocenters. The fourth-order valence-electron chi connectivity index (χ4n) is 2.07. The van der Waals surface area contributed by atoms with E-state index in [1.165, 1.54) is 11.8 Å². The molecular formula is C17H15BrN4OS. The molecule has 2 N–H and O–H groups in total. The van der Waals surface area contributed by atoms with Gasteiger partial charge in [-0.1, -0.05) is 52.0 Å². The van der Waals surface area contributed by atoms with Crippen LogP contribution in [0.1, 0.15) is 12.5 Å². The molecule has 0 atom stereocenters. The monoisotopic (exact) mass is 402 g/mol. The molecule has 122 valence electrons. The molecule has 1 heterocycles. The highest BCUT2D eigenvalue weighted by molar-refractivity contribution is 9.10. The lowest BCUT2D eigenvalue weighted by Crippen LogP contribution is -2.21. The van der Waals surface area contributed by atoms with Gasteiger partial charge < -0.3 is 4.98 Å². The van der Waals surface area contributed by atoms with Crippen LogP contribution in [0.5, 0.6) is 0 Å². The Kier molecular flexibility index (Phi) is 5.32. The molecule has 7 heteroatoms. The number of imidazole rings is 1. The lowest BCUT2D eigenvalue weighted by Gasteiger charge is -2.02. The molecule has 0 radical (unpaired) electrons. The summed E-state index contributed by atoms with van der Waals surface area (Å²) in [6.07, 6.45) is 0. The molecule has 0 fully saturated rings. The predicted molar refractivity (Wildman–Crippen MR) is 101 cm³/mol.